The first-order valence-corrected chi connectivity index (χ1v) is 14.3. The fourth-order valence-corrected chi connectivity index (χ4v) is 4.31. The van der Waals surface area contributed by atoms with Crippen LogP contribution in [0, 0.1) is 11.8 Å². The average molecular weight is 439 g/mol. The molecule has 0 spiro atoms. The van der Waals surface area contributed by atoms with Crippen molar-refractivity contribution in [3.8, 4) is 0 Å². The summed E-state index contributed by atoms with van der Waals surface area (Å²) in [6.45, 7) is 9.26. The maximum atomic E-state index is 12.1. The molecule has 2 nitrogen and oxygen atoms in total. The number of unbranched alkanes of at least 4 members (excludes halogenated alkanes) is 16. The molecule has 0 fully saturated rings. The molecule has 0 saturated heterocycles. The molecule has 0 heterocycles. The zero-order valence-electron chi connectivity index (χ0n) is 22.0. The van der Waals surface area contributed by atoms with Crippen molar-refractivity contribution in [2.24, 2.45) is 11.8 Å². The van der Waals surface area contributed by atoms with Crippen LogP contribution in [0.1, 0.15) is 163 Å². The number of carbonyl (C=O) groups is 1. The summed E-state index contributed by atoms with van der Waals surface area (Å²) in [6, 6.07) is 0. The van der Waals surface area contributed by atoms with E-state index in [2.05, 4.69) is 20.8 Å². The lowest BCUT2D eigenvalue weighted by molar-refractivity contribution is -0.149. The highest BCUT2D eigenvalue weighted by Crippen LogP contribution is 2.21. The lowest BCUT2D eigenvalue weighted by atomic mass is 9.94. The molecule has 2 atom stereocenters. The average Bonchev–Trinajstić information content (AvgIpc) is 2.78. The van der Waals surface area contributed by atoms with Gasteiger partial charge in [-0.1, -0.05) is 143 Å². The molecule has 0 radical (unpaired) electrons. The van der Waals surface area contributed by atoms with Crippen LogP contribution in [0.5, 0.6) is 0 Å². The highest BCUT2D eigenvalue weighted by Gasteiger charge is 2.16. The summed E-state index contributed by atoms with van der Waals surface area (Å²) in [5.41, 5.74) is 0. The Morgan fingerprint density at radius 3 is 1.29 bits per heavy atom. The van der Waals surface area contributed by atoms with Gasteiger partial charge in [0.15, 0.2) is 0 Å². The molecule has 186 valence electrons. The second-order valence-corrected chi connectivity index (χ2v) is 10.0. The van der Waals surface area contributed by atoms with Gasteiger partial charge in [0, 0.05) is 0 Å². The summed E-state index contributed by atoms with van der Waals surface area (Å²) in [7, 11) is 0. The van der Waals surface area contributed by atoms with Crippen LogP contribution < -0.4 is 0 Å². The van der Waals surface area contributed by atoms with Crippen LogP contribution >= 0.6 is 0 Å². The monoisotopic (exact) mass is 438 g/mol. The Kier molecular flexibility index (Phi) is 23.7. The number of hydrogen-bond acceptors (Lipinski definition) is 2. The van der Waals surface area contributed by atoms with Crippen LogP contribution in [0.3, 0.4) is 0 Å². The van der Waals surface area contributed by atoms with Crippen molar-refractivity contribution < 1.29 is 9.53 Å². The van der Waals surface area contributed by atoms with Crippen LogP contribution in [0.15, 0.2) is 0 Å². The summed E-state index contributed by atoms with van der Waals surface area (Å²) >= 11 is 0. The summed E-state index contributed by atoms with van der Waals surface area (Å²) in [5.74, 6) is 0.619. The minimum absolute atomic E-state index is 0.00476. The van der Waals surface area contributed by atoms with E-state index < -0.39 is 0 Å². The van der Waals surface area contributed by atoms with E-state index >= 15 is 0 Å². The van der Waals surface area contributed by atoms with Gasteiger partial charge >= 0.3 is 5.97 Å². The zero-order valence-corrected chi connectivity index (χ0v) is 22.0. The van der Waals surface area contributed by atoms with Crippen LogP contribution in [0.25, 0.3) is 0 Å². The van der Waals surface area contributed by atoms with E-state index in [1.165, 1.54) is 128 Å². The first-order valence-electron chi connectivity index (χ1n) is 14.3. The Morgan fingerprint density at radius 2 is 0.935 bits per heavy atom. The summed E-state index contributed by atoms with van der Waals surface area (Å²) in [4.78, 5) is 12.1. The van der Waals surface area contributed by atoms with Gasteiger partial charge in [0.1, 0.15) is 0 Å². The molecule has 0 aromatic heterocycles. The van der Waals surface area contributed by atoms with E-state index in [-0.39, 0.29) is 11.9 Å². The third kappa shape index (κ3) is 21.1. The smallest absolute Gasteiger partial charge is 0.308 e. The predicted octanol–water partition coefficient (Wildman–Crippen LogP) is 10.0. The molecular formula is C29H58O2. The summed E-state index contributed by atoms with van der Waals surface area (Å²) < 4.78 is 5.67. The van der Waals surface area contributed by atoms with Gasteiger partial charge < -0.3 is 4.74 Å². The van der Waals surface area contributed by atoms with Crippen molar-refractivity contribution in [2.45, 2.75) is 163 Å². The molecule has 0 amide bonds. The zero-order chi connectivity index (χ0) is 23.0. The van der Waals surface area contributed by atoms with Gasteiger partial charge in [0.2, 0.25) is 0 Å². The Balaban J connectivity index is 3.87. The molecule has 0 aliphatic heterocycles. The molecule has 0 N–H and O–H groups in total. The van der Waals surface area contributed by atoms with Crippen LogP contribution in [0.2, 0.25) is 0 Å². The number of rotatable bonds is 24. The Hall–Kier alpha value is -0.530. The molecular weight excluding hydrogens is 380 g/mol. The second-order valence-electron chi connectivity index (χ2n) is 10.0. The van der Waals surface area contributed by atoms with Gasteiger partial charge in [0.05, 0.1) is 12.5 Å². The van der Waals surface area contributed by atoms with Gasteiger partial charge in [-0.2, -0.15) is 0 Å². The second kappa shape index (κ2) is 24.1. The summed E-state index contributed by atoms with van der Waals surface area (Å²) in [5, 5.41) is 0. The topological polar surface area (TPSA) is 26.3 Å². The normalized spacial score (nSPS) is 13.3. The number of hydrogen-bond donors (Lipinski definition) is 0. The van der Waals surface area contributed by atoms with Crippen molar-refractivity contribution in [3.63, 3.8) is 0 Å². The Morgan fingerprint density at radius 1 is 0.581 bits per heavy atom. The van der Waals surface area contributed by atoms with Gasteiger partial charge in [-0.3, -0.25) is 4.79 Å². The van der Waals surface area contributed by atoms with Gasteiger partial charge in [-0.25, -0.2) is 0 Å². The predicted molar refractivity (Wildman–Crippen MR) is 138 cm³/mol. The molecule has 0 aliphatic carbocycles. The van der Waals surface area contributed by atoms with E-state index in [0.29, 0.717) is 12.5 Å². The number of esters is 1. The lowest BCUT2D eigenvalue weighted by Crippen LogP contribution is -2.19. The lowest BCUT2D eigenvalue weighted by Gasteiger charge is -2.18. The fourth-order valence-electron chi connectivity index (χ4n) is 4.31. The van der Waals surface area contributed by atoms with E-state index in [4.69, 9.17) is 4.74 Å². The van der Waals surface area contributed by atoms with Crippen molar-refractivity contribution >= 4 is 5.97 Å². The van der Waals surface area contributed by atoms with E-state index in [9.17, 15) is 4.79 Å². The molecule has 2 unspecified atom stereocenters. The number of carbonyl (C=O) groups excluding carboxylic acids is 1. The minimum Gasteiger partial charge on any atom is -0.465 e. The SMILES string of the molecule is CCCCCCCCCCCCCCC(CCCCCCCC)COC(=O)C(C)CC. The number of ether oxygens (including phenoxy) is 1. The molecule has 2 heteroatoms. The molecule has 0 aromatic rings. The van der Waals surface area contributed by atoms with E-state index in [0.717, 1.165) is 6.42 Å². The molecule has 0 aliphatic rings. The third-order valence-corrected chi connectivity index (χ3v) is 6.91. The van der Waals surface area contributed by atoms with Crippen LogP contribution in [-0.2, 0) is 9.53 Å². The molecule has 0 saturated carbocycles. The summed E-state index contributed by atoms with van der Waals surface area (Å²) in [6.07, 6.45) is 28.2. The Labute approximate surface area is 196 Å². The standard InChI is InChI=1S/C29H58O2/c1-5-8-10-12-14-15-16-17-18-19-21-23-25-28(24-22-20-13-11-9-6-2)26-31-29(30)27(4)7-3/h27-28H,5-26H2,1-4H3. The van der Waals surface area contributed by atoms with Gasteiger partial charge in [-0.05, 0) is 25.2 Å². The first kappa shape index (κ1) is 30.5. The van der Waals surface area contributed by atoms with Crippen LogP contribution in [0.4, 0.5) is 0 Å². The molecule has 31 heavy (non-hydrogen) atoms. The molecule has 0 aromatic carbocycles. The fraction of sp³-hybridized carbons (Fsp3) is 0.966. The van der Waals surface area contributed by atoms with Crippen LogP contribution in [-0.4, -0.2) is 12.6 Å². The Bertz CT molecular complexity index is 366. The largest absolute Gasteiger partial charge is 0.465 e. The maximum Gasteiger partial charge on any atom is 0.308 e. The highest BCUT2D eigenvalue weighted by atomic mass is 16.5. The third-order valence-electron chi connectivity index (χ3n) is 6.91. The quantitative estimate of drug-likeness (QED) is 0.111. The van der Waals surface area contributed by atoms with E-state index in [1.807, 2.05) is 6.92 Å². The minimum atomic E-state index is 0.00476. The highest BCUT2D eigenvalue weighted by molar-refractivity contribution is 5.71. The van der Waals surface area contributed by atoms with Crippen molar-refractivity contribution in [1.29, 1.82) is 0 Å². The van der Waals surface area contributed by atoms with Crippen molar-refractivity contribution in [1.82, 2.24) is 0 Å². The van der Waals surface area contributed by atoms with Crippen molar-refractivity contribution in [2.75, 3.05) is 6.61 Å². The van der Waals surface area contributed by atoms with E-state index in [1.54, 1.807) is 0 Å². The van der Waals surface area contributed by atoms with Crippen molar-refractivity contribution in [3.05, 3.63) is 0 Å². The maximum absolute atomic E-state index is 12.1. The van der Waals surface area contributed by atoms with Gasteiger partial charge in [-0.15, -0.1) is 0 Å². The molecule has 0 rings (SSSR count). The molecule has 0 bridgehead atoms. The first-order chi connectivity index (χ1) is 15.2. The van der Waals surface area contributed by atoms with Gasteiger partial charge in [0.25, 0.3) is 0 Å².